The number of alkyl halides is 6. The van der Waals surface area contributed by atoms with Gasteiger partial charge in [0.1, 0.15) is 11.5 Å². The minimum Gasteiger partial charge on any atom is -0.455 e. The van der Waals surface area contributed by atoms with Crippen LogP contribution in [0.2, 0.25) is 0 Å². The van der Waals surface area contributed by atoms with Gasteiger partial charge in [-0.3, -0.25) is 9.59 Å². The van der Waals surface area contributed by atoms with Crippen LogP contribution in [0, 0.1) is 0 Å². The van der Waals surface area contributed by atoms with Gasteiger partial charge in [-0.25, -0.2) is 0 Å². The molecule has 0 aromatic heterocycles. The number of benzene rings is 4. The molecule has 0 saturated heterocycles. The second kappa shape index (κ2) is 13.2. The minimum absolute atomic E-state index is 0.241. The fraction of sp³-hybridized carbons (Fsp3) is 0.302. The van der Waals surface area contributed by atoms with E-state index in [-0.39, 0.29) is 10.8 Å². The molecule has 1 aliphatic heterocycles. The first-order valence-electron chi connectivity index (χ1n) is 16.7. The summed E-state index contributed by atoms with van der Waals surface area (Å²) in [4.78, 5) is 23.4. The number of carbonyl (C=O) groups is 2. The van der Waals surface area contributed by atoms with E-state index in [0.29, 0.717) is 22.6 Å². The highest BCUT2D eigenvalue weighted by Gasteiger charge is 2.41. The molecule has 1 aliphatic rings. The lowest BCUT2D eigenvalue weighted by Crippen LogP contribution is -2.27. The van der Waals surface area contributed by atoms with Gasteiger partial charge in [0.15, 0.2) is 0 Å². The number of halogens is 6. The molecule has 52 heavy (non-hydrogen) atoms. The average Bonchev–Trinajstić information content (AvgIpc) is 3.04. The molecule has 1 heterocycles. The summed E-state index contributed by atoms with van der Waals surface area (Å²) in [6.07, 6.45) is -2.72. The van der Waals surface area contributed by atoms with E-state index in [1.54, 1.807) is 12.2 Å². The zero-order valence-corrected chi connectivity index (χ0v) is 30.2. The van der Waals surface area contributed by atoms with Crippen LogP contribution in [0.15, 0.2) is 72.8 Å². The second-order valence-electron chi connectivity index (χ2n) is 15.7. The Labute approximate surface area is 300 Å². The molecular weight excluding hydrogens is 678 g/mol. The van der Waals surface area contributed by atoms with E-state index >= 15 is 0 Å². The summed E-state index contributed by atoms with van der Waals surface area (Å²) in [5.74, 6) is -2.59. The van der Waals surface area contributed by atoms with Gasteiger partial charge in [-0.15, -0.1) is 0 Å². The van der Waals surface area contributed by atoms with Crippen LogP contribution in [0.25, 0.3) is 24.3 Å². The van der Waals surface area contributed by atoms with Gasteiger partial charge in [-0.1, -0.05) is 140 Å². The summed E-state index contributed by atoms with van der Waals surface area (Å²) in [6, 6.07) is 18.8. The molecular formula is C43H40F6O3. The second-order valence-corrected chi connectivity index (χ2v) is 15.7. The Morgan fingerprint density at radius 3 is 1.15 bits per heavy atom. The molecule has 0 atom stereocenters. The van der Waals surface area contributed by atoms with E-state index in [1.807, 2.05) is 24.3 Å². The monoisotopic (exact) mass is 718 g/mol. The summed E-state index contributed by atoms with van der Waals surface area (Å²) in [7, 11) is 0. The average molecular weight is 719 g/mol. The predicted octanol–water partition coefficient (Wildman–Crippen LogP) is 12.5. The molecule has 4 aromatic carbocycles. The number of carbonyl (C=O) groups excluding carboxylic acids is 2. The van der Waals surface area contributed by atoms with Crippen molar-refractivity contribution < 1.29 is 40.7 Å². The zero-order chi connectivity index (χ0) is 38.6. The topological polar surface area (TPSA) is 43.4 Å². The van der Waals surface area contributed by atoms with Gasteiger partial charge < -0.3 is 4.74 Å². The zero-order valence-electron chi connectivity index (χ0n) is 30.2. The van der Waals surface area contributed by atoms with Crippen molar-refractivity contribution in [3.05, 3.63) is 128 Å². The lowest BCUT2D eigenvalue weighted by molar-refractivity contribution is -0.0888. The van der Waals surface area contributed by atoms with Gasteiger partial charge in [0.25, 0.3) is 11.6 Å². The summed E-state index contributed by atoms with van der Waals surface area (Å²) in [5.41, 5.74) is 4.74. The molecule has 0 saturated carbocycles. The molecule has 0 N–H and O–H groups in total. The van der Waals surface area contributed by atoms with Gasteiger partial charge in [0.05, 0.1) is 0 Å². The van der Waals surface area contributed by atoms with Crippen LogP contribution in [0.1, 0.15) is 121 Å². The van der Waals surface area contributed by atoms with Gasteiger partial charge in [0, 0.05) is 38.8 Å². The first kappa shape index (κ1) is 38.3. The Bertz CT molecular complexity index is 1930. The molecule has 272 valence electrons. The standard InChI is InChI=1S/C43H40F6O3/c1-39(2,3)31-21-29(19-13-25-9-15-27(16-10-25)37(50)42(44,45)46)35-33(23-31)41(7,8)34-24-32(40(4,5)6)22-30(36(34)52-35)20-14-26-11-17-28(18-12-26)38(51)43(47,48)49/h9-24H,1-8H3/b19-13+,20-14+. The Kier molecular flexibility index (Phi) is 9.76. The van der Waals surface area contributed by atoms with Gasteiger partial charge in [0.2, 0.25) is 0 Å². The maximum Gasteiger partial charge on any atom is 0.454 e. The normalized spacial score (nSPS) is 14.7. The number of hydrogen-bond donors (Lipinski definition) is 0. The van der Waals surface area contributed by atoms with Crippen molar-refractivity contribution >= 4 is 35.9 Å². The van der Waals surface area contributed by atoms with Gasteiger partial charge >= 0.3 is 12.4 Å². The highest BCUT2D eigenvalue weighted by Crippen LogP contribution is 2.53. The van der Waals surface area contributed by atoms with E-state index in [2.05, 4.69) is 67.5 Å². The summed E-state index contributed by atoms with van der Waals surface area (Å²) >= 11 is 0. The number of rotatable bonds is 6. The molecule has 0 radical (unpaired) electrons. The third kappa shape index (κ3) is 7.93. The molecule has 0 spiro atoms. The van der Waals surface area contributed by atoms with Crippen molar-refractivity contribution in [1.82, 2.24) is 0 Å². The van der Waals surface area contributed by atoms with E-state index in [4.69, 9.17) is 4.74 Å². The number of ketones is 2. The van der Waals surface area contributed by atoms with E-state index in [1.165, 1.54) is 24.3 Å². The van der Waals surface area contributed by atoms with E-state index in [9.17, 15) is 35.9 Å². The Morgan fingerprint density at radius 2 is 0.865 bits per heavy atom. The molecule has 0 unspecified atom stereocenters. The maximum absolute atomic E-state index is 13.0. The summed E-state index contributed by atoms with van der Waals surface area (Å²) < 4.78 is 84.6. The molecule has 5 rings (SSSR count). The number of ether oxygens (including phenoxy) is 1. The molecule has 0 aliphatic carbocycles. The Hall–Kier alpha value is -4.92. The van der Waals surface area contributed by atoms with Crippen molar-refractivity contribution in [3.8, 4) is 11.5 Å². The molecule has 0 fully saturated rings. The van der Waals surface area contributed by atoms with Crippen molar-refractivity contribution in [3.63, 3.8) is 0 Å². The fourth-order valence-corrected chi connectivity index (χ4v) is 6.01. The quantitative estimate of drug-likeness (QED) is 0.113. The summed E-state index contributed by atoms with van der Waals surface area (Å²) in [6.45, 7) is 16.9. The van der Waals surface area contributed by atoms with E-state index in [0.717, 1.165) is 57.6 Å². The Balaban J connectivity index is 1.62. The van der Waals surface area contributed by atoms with Crippen LogP contribution >= 0.6 is 0 Å². The first-order chi connectivity index (χ1) is 23.9. The molecule has 0 amide bonds. The van der Waals surface area contributed by atoms with E-state index < -0.39 is 40.5 Å². The lowest BCUT2D eigenvalue weighted by atomic mass is 9.70. The van der Waals surface area contributed by atoms with Gasteiger partial charge in [-0.05, 0) is 45.2 Å². The number of Topliss-reactive ketones (excluding diaryl/α,β-unsaturated/α-hetero) is 2. The smallest absolute Gasteiger partial charge is 0.454 e. The van der Waals surface area contributed by atoms with Crippen molar-refractivity contribution in [2.75, 3.05) is 0 Å². The lowest BCUT2D eigenvalue weighted by Gasteiger charge is -2.38. The highest BCUT2D eigenvalue weighted by atomic mass is 19.4. The molecule has 4 aromatic rings. The fourth-order valence-electron chi connectivity index (χ4n) is 6.01. The predicted molar refractivity (Wildman–Crippen MR) is 194 cm³/mol. The number of fused-ring (bicyclic) bond motifs is 2. The molecule has 0 bridgehead atoms. The third-order valence-corrected chi connectivity index (χ3v) is 9.29. The van der Waals surface area contributed by atoms with Crippen LogP contribution < -0.4 is 4.74 Å². The first-order valence-corrected chi connectivity index (χ1v) is 16.7. The van der Waals surface area contributed by atoms with Crippen LogP contribution in [-0.2, 0) is 16.2 Å². The summed E-state index contributed by atoms with van der Waals surface area (Å²) in [5, 5.41) is 0. The van der Waals surface area contributed by atoms with Crippen molar-refractivity contribution in [2.45, 2.75) is 84.0 Å². The molecule has 9 heteroatoms. The van der Waals surface area contributed by atoms with Crippen molar-refractivity contribution in [2.24, 2.45) is 0 Å². The van der Waals surface area contributed by atoms with Crippen LogP contribution in [-0.4, -0.2) is 23.9 Å². The van der Waals surface area contributed by atoms with Crippen LogP contribution in [0.5, 0.6) is 11.5 Å². The Morgan fingerprint density at radius 1 is 0.538 bits per heavy atom. The third-order valence-electron chi connectivity index (χ3n) is 9.29. The van der Waals surface area contributed by atoms with Crippen LogP contribution in [0.3, 0.4) is 0 Å². The van der Waals surface area contributed by atoms with Gasteiger partial charge in [-0.2, -0.15) is 26.3 Å². The SMILES string of the molecule is CC(C)(C)c1cc(/C=C/c2ccc(C(=O)C(F)(F)F)cc2)c2c(c1)C(C)(C)c1cc(C(C)(C)C)cc(/C=C/c3ccc(C(=O)C(F)(F)F)cc3)c1O2. The maximum atomic E-state index is 13.0. The largest absolute Gasteiger partial charge is 0.455 e. The minimum atomic E-state index is -4.96. The van der Waals surface area contributed by atoms with Crippen molar-refractivity contribution in [1.29, 1.82) is 0 Å². The number of hydrogen-bond acceptors (Lipinski definition) is 3. The van der Waals surface area contributed by atoms with Crippen LogP contribution in [0.4, 0.5) is 26.3 Å². The highest BCUT2D eigenvalue weighted by molar-refractivity contribution is 6.01. The molecule has 3 nitrogen and oxygen atoms in total.